The van der Waals surface area contributed by atoms with Crippen LogP contribution in [0, 0.1) is 5.92 Å². The summed E-state index contributed by atoms with van der Waals surface area (Å²) in [5.41, 5.74) is -0.548. The Balaban J connectivity index is 0.00000225. The third-order valence-electron chi connectivity index (χ3n) is 5.94. The molecule has 1 aliphatic carbocycles. The molecule has 0 aromatic carbocycles. The number of aliphatic hydroxyl groups is 1. The normalized spacial score (nSPS) is 27.4. The van der Waals surface area contributed by atoms with E-state index >= 15 is 0 Å². The summed E-state index contributed by atoms with van der Waals surface area (Å²) >= 11 is 0. The highest BCUT2D eigenvalue weighted by atomic mass is 127. The Bertz CT molecular complexity index is 420. The summed E-state index contributed by atoms with van der Waals surface area (Å²) in [6.45, 7) is 9.62. The van der Waals surface area contributed by atoms with Gasteiger partial charge < -0.3 is 20.2 Å². The minimum Gasteiger partial charge on any atom is -0.388 e. The molecule has 0 radical (unpaired) electrons. The van der Waals surface area contributed by atoms with E-state index in [4.69, 9.17) is 4.99 Å². The third-order valence-corrected chi connectivity index (χ3v) is 5.94. The van der Waals surface area contributed by atoms with E-state index in [0.717, 1.165) is 57.2 Å². The van der Waals surface area contributed by atoms with Crippen molar-refractivity contribution < 1.29 is 5.11 Å². The van der Waals surface area contributed by atoms with Crippen molar-refractivity contribution in [2.24, 2.45) is 10.9 Å². The van der Waals surface area contributed by atoms with E-state index in [1.54, 1.807) is 0 Å². The van der Waals surface area contributed by atoms with Crippen LogP contribution >= 0.6 is 24.0 Å². The van der Waals surface area contributed by atoms with Crippen molar-refractivity contribution >= 4 is 29.9 Å². The van der Waals surface area contributed by atoms with Gasteiger partial charge in [0.2, 0.25) is 0 Å². The van der Waals surface area contributed by atoms with Crippen LogP contribution in [-0.2, 0) is 0 Å². The number of nitrogens with one attached hydrogen (secondary N) is 1. The number of halogens is 1. The molecule has 25 heavy (non-hydrogen) atoms. The maximum absolute atomic E-state index is 10.6. The maximum atomic E-state index is 10.6. The Morgan fingerprint density at radius 2 is 1.84 bits per heavy atom. The first-order valence-electron chi connectivity index (χ1n) is 10.2. The Labute approximate surface area is 170 Å². The highest BCUT2D eigenvalue weighted by Crippen LogP contribution is 2.29. The van der Waals surface area contributed by atoms with Gasteiger partial charge in [0.1, 0.15) is 0 Å². The monoisotopic (exact) mass is 464 g/mol. The van der Waals surface area contributed by atoms with Gasteiger partial charge in [-0.3, -0.25) is 4.99 Å². The molecule has 0 aromatic heterocycles. The number of guanidine groups is 1. The van der Waals surface area contributed by atoms with Crippen molar-refractivity contribution in [3.63, 3.8) is 0 Å². The van der Waals surface area contributed by atoms with Crippen LogP contribution in [0.15, 0.2) is 4.99 Å². The number of hydrogen-bond acceptors (Lipinski definition) is 3. The number of rotatable bonds is 5. The summed E-state index contributed by atoms with van der Waals surface area (Å²) in [5, 5.41) is 14.0. The maximum Gasteiger partial charge on any atom is 0.194 e. The van der Waals surface area contributed by atoms with Crippen LogP contribution in [-0.4, -0.2) is 72.3 Å². The number of hydrogen-bond donors (Lipinski definition) is 2. The number of likely N-dealkylation sites (tertiary alicyclic amines) is 2. The molecular formula is C19H37IN4O. The predicted molar refractivity (Wildman–Crippen MR) is 115 cm³/mol. The molecule has 1 unspecified atom stereocenters. The second-order valence-electron chi connectivity index (χ2n) is 8.06. The Hall–Kier alpha value is -0.0800. The van der Waals surface area contributed by atoms with E-state index in [0.29, 0.717) is 6.54 Å². The first kappa shape index (κ1) is 21.2. The average molecular weight is 464 g/mol. The Kier molecular flexibility index (Phi) is 8.75. The molecule has 1 saturated carbocycles. The summed E-state index contributed by atoms with van der Waals surface area (Å²) in [4.78, 5) is 9.87. The standard InChI is InChI=1S/C19H36N4O.HI/c1-2-20-18(21-16-19(24)9-4-5-10-19)23-13-8-17(15-23)14-22-11-6-3-7-12-22;/h17,24H,2-16H2,1H3,(H,20,21);1H. The molecule has 3 fully saturated rings. The molecule has 2 N–H and O–H groups in total. The van der Waals surface area contributed by atoms with Gasteiger partial charge in [0, 0.05) is 26.2 Å². The zero-order valence-corrected chi connectivity index (χ0v) is 18.2. The lowest BCUT2D eigenvalue weighted by Crippen LogP contribution is -2.42. The van der Waals surface area contributed by atoms with Crippen LogP contribution in [0.4, 0.5) is 0 Å². The lowest BCUT2D eigenvalue weighted by molar-refractivity contribution is 0.0572. The van der Waals surface area contributed by atoms with Gasteiger partial charge in [-0.05, 0) is 58.0 Å². The van der Waals surface area contributed by atoms with E-state index in [-0.39, 0.29) is 24.0 Å². The third kappa shape index (κ3) is 6.24. The van der Waals surface area contributed by atoms with Gasteiger partial charge in [0.15, 0.2) is 5.96 Å². The largest absolute Gasteiger partial charge is 0.388 e. The van der Waals surface area contributed by atoms with Gasteiger partial charge in [-0.2, -0.15) is 0 Å². The van der Waals surface area contributed by atoms with Crippen LogP contribution in [0.3, 0.4) is 0 Å². The molecular weight excluding hydrogens is 427 g/mol. The molecule has 5 nitrogen and oxygen atoms in total. The van der Waals surface area contributed by atoms with E-state index in [1.165, 1.54) is 45.3 Å². The molecule has 1 atom stereocenters. The minimum absolute atomic E-state index is 0. The fraction of sp³-hybridized carbons (Fsp3) is 0.947. The van der Waals surface area contributed by atoms with Gasteiger partial charge in [0.05, 0.1) is 12.1 Å². The van der Waals surface area contributed by atoms with Gasteiger partial charge in [-0.25, -0.2) is 0 Å². The highest BCUT2D eigenvalue weighted by molar-refractivity contribution is 14.0. The first-order valence-corrected chi connectivity index (χ1v) is 10.2. The summed E-state index contributed by atoms with van der Waals surface area (Å²) in [6.07, 6.45) is 9.53. The lowest BCUT2D eigenvalue weighted by Gasteiger charge is -2.29. The summed E-state index contributed by atoms with van der Waals surface area (Å²) in [6, 6.07) is 0. The van der Waals surface area contributed by atoms with Crippen LogP contribution in [0.1, 0.15) is 58.3 Å². The smallest absolute Gasteiger partial charge is 0.194 e. The lowest BCUT2D eigenvalue weighted by atomic mass is 10.0. The van der Waals surface area contributed by atoms with Crippen LogP contribution in [0.2, 0.25) is 0 Å². The van der Waals surface area contributed by atoms with Crippen molar-refractivity contribution in [1.82, 2.24) is 15.1 Å². The predicted octanol–water partition coefficient (Wildman–Crippen LogP) is 2.68. The number of aliphatic imine (C=N–C) groups is 1. The number of nitrogens with zero attached hydrogens (tertiary/aromatic N) is 3. The fourth-order valence-electron chi connectivity index (χ4n) is 4.52. The van der Waals surface area contributed by atoms with Crippen LogP contribution in [0.5, 0.6) is 0 Å². The van der Waals surface area contributed by atoms with Gasteiger partial charge in [-0.15, -0.1) is 24.0 Å². The molecule has 0 spiro atoms. The van der Waals surface area contributed by atoms with E-state index < -0.39 is 5.60 Å². The zero-order chi connectivity index (χ0) is 16.8. The van der Waals surface area contributed by atoms with Gasteiger partial charge in [-0.1, -0.05) is 19.3 Å². The Morgan fingerprint density at radius 1 is 1.12 bits per heavy atom. The summed E-state index contributed by atoms with van der Waals surface area (Å²) < 4.78 is 0. The molecule has 2 saturated heterocycles. The highest BCUT2D eigenvalue weighted by Gasteiger charge is 2.32. The molecule has 3 rings (SSSR count). The van der Waals surface area contributed by atoms with Crippen molar-refractivity contribution in [2.45, 2.75) is 63.9 Å². The second kappa shape index (κ2) is 10.3. The first-order chi connectivity index (χ1) is 11.7. The molecule has 2 aliphatic heterocycles. The van der Waals surface area contributed by atoms with Crippen molar-refractivity contribution in [3.05, 3.63) is 0 Å². The average Bonchev–Trinajstić information content (AvgIpc) is 3.22. The van der Waals surface area contributed by atoms with Crippen molar-refractivity contribution in [1.29, 1.82) is 0 Å². The summed E-state index contributed by atoms with van der Waals surface area (Å²) in [7, 11) is 0. The fourth-order valence-corrected chi connectivity index (χ4v) is 4.52. The quantitative estimate of drug-likeness (QED) is 0.373. The molecule has 6 heteroatoms. The van der Waals surface area contributed by atoms with Gasteiger partial charge in [0.25, 0.3) is 0 Å². The van der Waals surface area contributed by atoms with Crippen LogP contribution < -0.4 is 5.32 Å². The Morgan fingerprint density at radius 3 is 2.52 bits per heavy atom. The van der Waals surface area contributed by atoms with E-state index in [1.807, 2.05) is 0 Å². The van der Waals surface area contributed by atoms with E-state index in [9.17, 15) is 5.11 Å². The number of piperidine rings is 1. The van der Waals surface area contributed by atoms with Crippen LogP contribution in [0.25, 0.3) is 0 Å². The van der Waals surface area contributed by atoms with E-state index in [2.05, 4.69) is 22.0 Å². The molecule has 146 valence electrons. The second-order valence-corrected chi connectivity index (χ2v) is 8.06. The van der Waals surface area contributed by atoms with Crippen molar-refractivity contribution in [3.8, 4) is 0 Å². The molecule has 3 aliphatic rings. The molecule has 0 bridgehead atoms. The minimum atomic E-state index is -0.548. The van der Waals surface area contributed by atoms with Crippen molar-refractivity contribution in [2.75, 3.05) is 45.8 Å². The zero-order valence-electron chi connectivity index (χ0n) is 15.9. The molecule has 0 aromatic rings. The molecule has 0 amide bonds. The SMILES string of the molecule is CCNC(=NCC1(O)CCCC1)N1CCC(CN2CCCCC2)C1.I. The topological polar surface area (TPSA) is 51.1 Å². The molecule has 2 heterocycles. The summed E-state index contributed by atoms with van der Waals surface area (Å²) in [5.74, 6) is 1.78. The van der Waals surface area contributed by atoms with Gasteiger partial charge >= 0.3 is 0 Å².